The monoisotopic (exact) mass is 324 g/mol. The van der Waals surface area contributed by atoms with Crippen LogP contribution in [-0.4, -0.2) is 24.9 Å². The first-order valence-electron chi connectivity index (χ1n) is 6.73. The summed E-state index contributed by atoms with van der Waals surface area (Å²) in [6.07, 6.45) is 0. The van der Waals surface area contributed by atoms with Gasteiger partial charge in [0.2, 0.25) is 5.91 Å². The van der Waals surface area contributed by atoms with E-state index in [-0.39, 0.29) is 17.7 Å². The predicted octanol–water partition coefficient (Wildman–Crippen LogP) is 3.06. The Labute approximate surface area is 132 Å². The number of nitrogens with one attached hydrogen (secondary N) is 2. The van der Waals surface area contributed by atoms with E-state index in [4.69, 9.17) is 11.6 Å². The number of carbonyl (C=O) groups is 2. The Morgan fingerprint density at radius 1 is 1.19 bits per heavy atom. The molecule has 112 valence electrons. The summed E-state index contributed by atoms with van der Waals surface area (Å²) in [5.41, 5.74) is 0. The predicted molar refractivity (Wildman–Crippen MR) is 87.0 cm³/mol. The maximum absolute atomic E-state index is 12.1. The lowest BCUT2D eigenvalue weighted by Gasteiger charge is -2.08. The van der Waals surface area contributed by atoms with Crippen molar-refractivity contribution in [2.75, 3.05) is 13.1 Å². The molecule has 1 heterocycles. The fraction of sp³-hybridized carbons (Fsp3) is 0.333. The van der Waals surface area contributed by atoms with Crippen LogP contribution >= 0.6 is 22.9 Å². The van der Waals surface area contributed by atoms with E-state index in [1.807, 2.05) is 38.1 Å². The van der Waals surface area contributed by atoms with Gasteiger partial charge >= 0.3 is 0 Å². The average molecular weight is 325 g/mol. The molecule has 4 nitrogen and oxygen atoms in total. The topological polar surface area (TPSA) is 58.2 Å². The highest BCUT2D eigenvalue weighted by atomic mass is 35.5. The van der Waals surface area contributed by atoms with Crippen molar-refractivity contribution >= 4 is 44.8 Å². The zero-order valence-electron chi connectivity index (χ0n) is 11.9. The Balaban J connectivity index is 1.94. The van der Waals surface area contributed by atoms with Gasteiger partial charge in [-0.2, -0.15) is 0 Å². The van der Waals surface area contributed by atoms with E-state index in [1.165, 1.54) is 11.3 Å². The molecule has 0 saturated carbocycles. The molecular formula is C15H17ClN2O2S. The van der Waals surface area contributed by atoms with Crippen molar-refractivity contribution in [2.24, 2.45) is 5.92 Å². The quantitative estimate of drug-likeness (QED) is 0.830. The van der Waals surface area contributed by atoms with Crippen molar-refractivity contribution in [3.05, 3.63) is 34.2 Å². The largest absolute Gasteiger partial charge is 0.354 e. The smallest absolute Gasteiger partial charge is 0.262 e. The van der Waals surface area contributed by atoms with Crippen molar-refractivity contribution in [1.29, 1.82) is 0 Å². The number of hydrogen-bond acceptors (Lipinski definition) is 3. The van der Waals surface area contributed by atoms with Crippen LogP contribution in [0.25, 0.3) is 10.1 Å². The second kappa shape index (κ2) is 6.91. The number of fused-ring (bicyclic) bond motifs is 1. The summed E-state index contributed by atoms with van der Waals surface area (Å²) in [7, 11) is 0. The van der Waals surface area contributed by atoms with E-state index in [0.717, 1.165) is 10.1 Å². The fourth-order valence-corrected chi connectivity index (χ4v) is 3.24. The van der Waals surface area contributed by atoms with Gasteiger partial charge in [0, 0.05) is 29.1 Å². The average Bonchev–Trinajstić information content (AvgIpc) is 2.81. The summed E-state index contributed by atoms with van der Waals surface area (Å²) in [5.74, 6) is -0.290. The second-order valence-corrected chi connectivity index (χ2v) is 6.37. The van der Waals surface area contributed by atoms with Gasteiger partial charge in [0.05, 0.1) is 5.02 Å². The maximum atomic E-state index is 12.1. The molecule has 0 unspecified atom stereocenters. The SMILES string of the molecule is CC(C)C(=O)NCCNC(=O)c1sc2ccccc2c1Cl. The highest BCUT2D eigenvalue weighted by Gasteiger charge is 2.16. The van der Waals surface area contributed by atoms with E-state index < -0.39 is 0 Å². The molecule has 6 heteroatoms. The van der Waals surface area contributed by atoms with Crippen LogP contribution in [0.1, 0.15) is 23.5 Å². The summed E-state index contributed by atoms with van der Waals surface area (Å²) < 4.78 is 0.987. The number of carbonyl (C=O) groups excluding carboxylic acids is 2. The van der Waals surface area contributed by atoms with Gasteiger partial charge in [0.15, 0.2) is 0 Å². The van der Waals surface area contributed by atoms with Crippen molar-refractivity contribution < 1.29 is 9.59 Å². The molecule has 0 bridgehead atoms. The van der Waals surface area contributed by atoms with Crippen LogP contribution < -0.4 is 10.6 Å². The third-order valence-corrected chi connectivity index (χ3v) is 4.65. The number of halogens is 1. The maximum Gasteiger partial charge on any atom is 0.262 e. The molecule has 1 aromatic heterocycles. The first kappa shape index (κ1) is 15.8. The third kappa shape index (κ3) is 3.74. The Hall–Kier alpha value is -1.59. The summed E-state index contributed by atoms with van der Waals surface area (Å²) in [4.78, 5) is 24.0. The Kier molecular flexibility index (Phi) is 5.20. The summed E-state index contributed by atoms with van der Waals surface area (Å²) >= 11 is 7.61. The van der Waals surface area contributed by atoms with E-state index >= 15 is 0 Å². The summed E-state index contributed by atoms with van der Waals surface area (Å²) in [5, 5.41) is 6.89. The minimum absolute atomic E-state index is 0.0239. The summed E-state index contributed by atoms with van der Waals surface area (Å²) in [6.45, 7) is 4.43. The molecule has 0 aliphatic rings. The van der Waals surface area contributed by atoms with E-state index in [9.17, 15) is 9.59 Å². The number of hydrogen-bond donors (Lipinski definition) is 2. The number of benzene rings is 1. The highest BCUT2D eigenvalue weighted by Crippen LogP contribution is 2.34. The lowest BCUT2D eigenvalue weighted by atomic mass is 10.2. The van der Waals surface area contributed by atoms with Crippen molar-refractivity contribution in [3.63, 3.8) is 0 Å². The minimum Gasteiger partial charge on any atom is -0.354 e. The lowest BCUT2D eigenvalue weighted by molar-refractivity contribution is -0.123. The molecule has 2 rings (SSSR count). The van der Waals surface area contributed by atoms with Crippen LogP contribution in [0, 0.1) is 5.92 Å². The molecule has 0 spiro atoms. The molecule has 21 heavy (non-hydrogen) atoms. The van der Waals surface area contributed by atoms with Gasteiger partial charge in [-0.3, -0.25) is 9.59 Å². The van der Waals surface area contributed by atoms with Gasteiger partial charge in [-0.15, -0.1) is 11.3 Å². The van der Waals surface area contributed by atoms with E-state index in [0.29, 0.717) is 23.0 Å². The number of rotatable bonds is 5. The van der Waals surface area contributed by atoms with Gasteiger partial charge in [0.25, 0.3) is 5.91 Å². The molecule has 0 saturated heterocycles. The first-order chi connectivity index (χ1) is 10.0. The van der Waals surface area contributed by atoms with Crippen LogP contribution in [-0.2, 0) is 4.79 Å². The molecule has 0 atom stereocenters. The zero-order chi connectivity index (χ0) is 15.4. The van der Waals surface area contributed by atoms with Crippen molar-refractivity contribution in [1.82, 2.24) is 10.6 Å². The Morgan fingerprint density at radius 3 is 2.52 bits per heavy atom. The second-order valence-electron chi connectivity index (χ2n) is 4.94. The molecular weight excluding hydrogens is 308 g/mol. The van der Waals surface area contributed by atoms with Crippen molar-refractivity contribution in [3.8, 4) is 0 Å². The van der Waals surface area contributed by atoms with Gasteiger partial charge in [-0.1, -0.05) is 43.6 Å². The van der Waals surface area contributed by atoms with Gasteiger partial charge in [0.1, 0.15) is 4.88 Å². The Morgan fingerprint density at radius 2 is 1.86 bits per heavy atom. The normalized spacial score (nSPS) is 10.9. The highest BCUT2D eigenvalue weighted by molar-refractivity contribution is 7.21. The molecule has 1 aromatic carbocycles. The molecule has 0 aliphatic heterocycles. The standard InChI is InChI=1S/C15H17ClN2O2S/c1-9(2)14(19)17-7-8-18-15(20)13-12(16)10-5-3-4-6-11(10)21-13/h3-6,9H,7-8H2,1-2H3,(H,17,19)(H,18,20). The fourth-order valence-electron chi connectivity index (χ4n) is 1.81. The minimum atomic E-state index is -0.208. The zero-order valence-corrected chi connectivity index (χ0v) is 13.5. The van der Waals surface area contributed by atoms with E-state index in [2.05, 4.69) is 10.6 Å². The van der Waals surface area contributed by atoms with Crippen LogP contribution in [0.5, 0.6) is 0 Å². The molecule has 0 radical (unpaired) electrons. The third-order valence-electron chi connectivity index (χ3n) is 2.98. The van der Waals surface area contributed by atoms with Crippen LogP contribution in [0.4, 0.5) is 0 Å². The molecule has 0 fully saturated rings. The molecule has 2 amide bonds. The molecule has 0 aliphatic carbocycles. The van der Waals surface area contributed by atoms with Crippen LogP contribution in [0.3, 0.4) is 0 Å². The number of thiophene rings is 1. The van der Waals surface area contributed by atoms with Crippen molar-refractivity contribution in [2.45, 2.75) is 13.8 Å². The van der Waals surface area contributed by atoms with Crippen LogP contribution in [0.15, 0.2) is 24.3 Å². The van der Waals surface area contributed by atoms with Gasteiger partial charge < -0.3 is 10.6 Å². The van der Waals surface area contributed by atoms with E-state index in [1.54, 1.807) is 0 Å². The summed E-state index contributed by atoms with van der Waals surface area (Å²) in [6, 6.07) is 7.64. The van der Waals surface area contributed by atoms with Crippen LogP contribution in [0.2, 0.25) is 5.02 Å². The first-order valence-corrected chi connectivity index (χ1v) is 7.93. The van der Waals surface area contributed by atoms with Gasteiger partial charge in [-0.25, -0.2) is 0 Å². The number of amides is 2. The lowest BCUT2D eigenvalue weighted by Crippen LogP contribution is -2.36. The Bertz CT molecular complexity index is 667. The van der Waals surface area contributed by atoms with Gasteiger partial charge in [-0.05, 0) is 6.07 Å². The molecule has 2 N–H and O–H groups in total. The molecule has 2 aromatic rings.